The van der Waals surface area contributed by atoms with Crippen molar-refractivity contribution in [2.75, 3.05) is 0 Å². The van der Waals surface area contributed by atoms with Crippen LogP contribution in [0.2, 0.25) is 0 Å². The molecule has 0 saturated heterocycles. The van der Waals surface area contributed by atoms with Crippen LogP contribution in [0.1, 0.15) is 47.9 Å². The van der Waals surface area contributed by atoms with Crippen LogP contribution in [0.5, 0.6) is 0 Å². The number of benzene rings is 1. The molecule has 77 valence electrons. The number of hydrogen-bond donors (Lipinski definition) is 0. The van der Waals surface area contributed by atoms with Gasteiger partial charge in [-0.3, -0.25) is 0 Å². The molecule has 0 nitrogen and oxygen atoms in total. The van der Waals surface area contributed by atoms with Crippen LogP contribution >= 0.6 is 0 Å². The molecule has 1 radical (unpaired) electrons. The summed E-state index contributed by atoms with van der Waals surface area (Å²) in [6.07, 6.45) is 14.9. The second kappa shape index (κ2) is 3.84. The molecule has 1 aromatic carbocycles. The third-order valence-corrected chi connectivity index (χ3v) is 3.65. The Morgan fingerprint density at radius 1 is 0.867 bits per heavy atom. The van der Waals surface area contributed by atoms with Crippen molar-refractivity contribution in [1.29, 1.82) is 0 Å². The number of allylic oxidation sites excluding steroid dienone is 1. The van der Waals surface area contributed by atoms with Gasteiger partial charge in [-0.2, -0.15) is 0 Å². The Kier molecular flexibility index (Phi) is 2.36. The fourth-order valence-electron chi connectivity index (χ4n) is 2.82. The van der Waals surface area contributed by atoms with E-state index in [-0.39, 0.29) is 0 Å². The lowest BCUT2D eigenvalue weighted by molar-refractivity contribution is 0.616. The molecule has 0 amide bonds. The lowest BCUT2D eigenvalue weighted by Gasteiger charge is -2.17. The summed E-state index contributed by atoms with van der Waals surface area (Å²) in [4.78, 5) is 0. The van der Waals surface area contributed by atoms with Gasteiger partial charge in [0.2, 0.25) is 0 Å². The van der Waals surface area contributed by atoms with Crippen LogP contribution in [0.15, 0.2) is 18.2 Å². The third-order valence-electron chi connectivity index (χ3n) is 3.65. The zero-order chi connectivity index (χ0) is 10.1. The van der Waals surface area contributed by atoms with Crippen molar-refractivity contribution >= 4 is 6.08 Å². The van der Waals surface area contributed by atoms with Gasteiger partial charge in [0, 0.05) is 6.42 Å². The Morgan fingerprint density at radius 3 is 2.67 bits per heavy atom. The minimum atomic E-state index is 1.29. The van der Waals surface area contributed by atoms with Crippen LogP contribution in [0, 0.1) is 6.42 Å². The summed E-state index contributed by atoms with van der Waals surface area (Å²) in [7, 11) is 0. The number of fused-ring (bicyclic) bond motifs is 3. The van der Waals surface area contributed by atoms with Gasteiger partial charge in [0.1, 0.15) is 0 Å². The summed E-state index contributed by atoms with van der Waals surface area (Å²) in [5.41, 5.74) is 6.18. The number of aryl methyl sites for hydroxylation is 1. The van der Waals surface area contributed by atoms with Gasteiger partial charge >= 0.3 is 0 Å². The molecule has 0 heteroatoms. The van der Waals surface area contributed by atoms with E-state index in [0.717, 1.165) is 0 Å². The molecule has 0 N–H and O–H groups in total. The fraction of sp³-hybridized carbons (Fsp3) is 0.400. The van der Waals surface area contributed by atoms with Crippen LogP contribution < -0.4 is 0 Å². The molecule has 15 heavy (non-hydrogen) atoms. The van der Waals surface area contributed by atoms with Gasteiger partial charge in [-0.1, -0.05) is 37.1 Å². The molecule has 0 fully saturated rings. The lowest BCUT2D eigenvalue weighted by Crippen LogP contribution is -2.02. The quantitative estimate of drug-likeness (QED) is 0.591. The first-order valence-corrected chi connectivity index (χ1v) is 6.11. The molecular weight excluding hydrogens is 180 g/mol. The van der Waals surface area contributed by atoms with E-state index in [4.69, 9.17) is 0 Å². The van der Waals surface area contributed by atoms with Crippen LogP contribution in [-0.4, -0.2) is 0 Å². The maximum Gasteiger partial charge on any atom is 0.0131 e. The highest BCUT2D eigenvalue weighted by molar-refractivity contribution is 5.69. The first-order chi connectivity index (χ1) is 7.45. The molecule has 0 bridgehead atoms. The zero-order valence-corrected chi connectivity index (χ0v) is 9.13. The molecule has 0 unspecified atom stereocenters. The van der Waals surface area contributed by atoms with Crippen LogP contribution in [-0.2, 0) is 12.8 Å². The summed E-state index contributed by atoms with van der Waals surface area (Å²) < 4.78 is 0. The van der Waals surface area contributed by atoms with Gasteiger partial charge in [-0.15, -0.1) is 0 Å². The Bertz CT molecular complexity index is 399. The first-order valence-electron chi connectivity index (χ1n) is 6.11. The lowest BCUT2D eigenvalue weighted by atomic mass is 9.88. The van der Waals surface area contributed by atoms with Crippen molar-refractivity contribution in [3.05, 3.63) is 46.9 Å². The molecule has 0 heterocycles. The van der Waals surface area contributed by atoms with Gasteiger partial charge in [-0.25, -0.2) is 0 Å². The first kappa shape index (κ1) is 9.21. The van der Waals surface area contributed by atoms with Crippen molar-refractivity contribution < 1.29 is 0 Å². The highest BCUT2D eigenvalue weighted by Crippen LogP contribution is 2.30. The minimum absolute atomic E-state index is 1.29. The summed E-state index contributed by atoms with van der Waals surface area (Å²) >= 11 is 0. The zero-order valence-electron chi connectivity index (χ0n) is 9.13. The molecular formula is C15H17. The summed E-state index contributed by atoms with van der Waals surface area (Å²) in [6, 6.07) is 4.64. The van der Waals surface area contributed by atoms with Gasteiger partial charge < -0.3 is 0 Å². The molecule has 0 aromatic heterocycles. The highest BCUT2D eigenvalue weighted by atomic mass is 14.2. The maximum atomic E-state index is 2.35. The van der Waals surface area contributed by atoms with Gasteiger partial charge in [-0.05, 0) is 47.9 Å². The standard InChI is InChI=1S/C15H17/c1-2-4-8-14-12(6-3-1)10-11-13-7-5-9-15(13)14/h5,7,9-11H,1-4,6,8H2. The van der Waals surface area contributed by atoms with Gasteiger partial charge in [0.05, 0.1) is 0 Å². The normalized spacial score (nSPS) is 19.2. The fourth-order valence-corrected chi connectivity index (χ4v) is 2.82. The van der Waals surface area contributed by atoms with Gasteiger partial charge in [0.15, 0.2) is 0 Å². The van der Waals surface area contributed by atoms with Gasteiger partial charge in [0.25, 0.3) is 0 Å². The average Bonchev–Trinajstić information content (AvgIpc) is 2.65. The van der Waals surface area contributed by atoms with E-state index in [0.29, 0.717) is 0 Å². The van der Waals surface area contributed by atoms with Crippen molar-refractivity contribution in [1.82, 2.24) is 0 Å². The van der Waals surface area contributed by atoms with Crippen LogP contribution in [0.25, 0.3) is 6.08 Å². The predicted molar refractivity (Wildman–Crippen MR) is 64.8 cm³/mol. The molecule has 3 rings (SSSR count). The Balaban J connectivity index is 2.07. The average molecular weight is 197 g/mol. The Hall–Kier alpha value is -1.04. The molecule has 0 spiro atoms. The molecule has 2 aliphatic rings. The van der Waals surface area contributed by atoms with E-state index in [1.54, 1.807) is 11.1 Å². The number of hydrogen-bond acceptors (Lipinski definition) is 0. The monoisotopic (exact) mass is 197 g/mol. The SMILES string of the molecule is [CH]1C=Cc2c1ccc1c2CCCCCC1. The maximum absolute atomic E-state index is 2.35. The van der Waals surface area contributed by atoms with Crippen molar-refractivity contribution in [3.8, 4) is 0 Å². The topological polar surface area (TPSA) is 0 Å². The molecule has 0 aliphatic heterocycles. The number of rotatable bonds is 0. The molecule has 0 saturated carbocycles. The van der Waals surface area contributed by atoms with E-state index in [9.17, 15) is 0 Å². The minimum Gasteiger partial charge on any atom is -0.0754 e. The third kappa shape index (κ3) is 1.62. The summed E-state index contributed by atoms with van der Waals surface area (Å²) in [5, 5.41) is 0. The summed E-state index contributed by atoms with van der Waals surface area (Å²) in [6.45, 7) is 0. The van der Waals surface area contributed by atoms with E-state index in [1.807, 2.05) is 0 Å². The van der Waals surface area contributed by atoms with Crippen molar-refractivity contribution in [2.24, 2.45) is 0 Å². The van der Waals surface area contributed by atoms with Crippen molar-refractivity contribution in [2.45, 2.75) is 38.5 Å². The Morgan fingerprint density at radius 2 is 1.73 bits per heavy atom. The summed E-state index contributed by atoms with van der Waals surface area (Å²) in [5.74, 6) is 0. The largest absolute Gasteiger partial charge is 0.0754 e. The Labute approximate surface area is 92.0 Å². The van der Waals surface area contributed by atoms with E-state index >= 15 is 0 Å². The van der Waals surface area contributed by atoms with E-state index in [1.165, 1.54) is 49.7 Å². The molecule has 0 atom stereocenters. The smallest absolute Gasteiger partial charge is 0.0131 e. The van der Waals surface area contributed by atoms with E-state index < -0.39 is 0 Å². The second-order valence-corrected chi connectivity index (χ2v) is 4.65. The van der Waals surface area contributed by atoms with E-state index in [2.05, 4.69) is 30.7 Å². The van der Waals surface area contributed by atoms with Crippen LogP contribution in [0.3, 0.4) is 0 Å². The predicted octanol–water partition coefficient (Wildman–Crippen LogP) is 3.92. The second-order valence-electron chi connectivity index (χ2n) is 4.65. The molecule has 1 aromatic rings. The highest BCUT2D eigenvalue weighted by Gasteiger charge is 2.15. The molecule has 2 aliphatic carbocycles. The van der Waals surface area contributed by atoms with Crippen molar-refractivity contribution in [3.63, 3.8) is 0 Å². The van der Waals surface area contributed by atoms with Crippen LogP contribution in [0.4, 0.5) is 0 Å².